The zero-order valence-electron chi connectivity index (χ0n) is 9.06. The molecule has 0 bridgehead atoms. The molecule has 1 fully saturated rings. The van der Waals surface area contributed by atoms with E-state index in [2.05, 4.69) is 9.55 Å². The van der Waals surface area contributed by atoms with E-state index in [1.54, 1.807) is 0 Å². The zero-order chi connectivity index (χ0) is 11.2. The molecule has 4 heteroatoms. The highest BCUT2D eigenvalue weighted by Gasteiger charge is 2.42. The van der Waals surface area contributed by atoms with Crippen LogP contribution in [0.5, 0.6) is 0 Å². The highest BCUT2D eigenvalue weighted by atomic mass is 16.3. The topological polar surface area (TPSA) is 64.1 Å². The number of nitrogens with zero attached hydrogens (tertiary/aromatic N) is 2. The normalized spacial score (nSPS) is 17.8. The fraction of sp³-hybridized carbons (Fsp3) is 0.417. The predicted molar refractivity (Wildman–Crippen MR) is 62.9 cm³/mol. The Balaban J connectivity index is 1.98. The molecule has 1 aromatic carbocycles. The monoisotopic (exact) mass is 217 g/mol. The Morgan fingerprint density at radius 3 is 2.94 bits per heavy atom. The van der Waals surface area contributed by atoms with Gasteiger partial charge in [0.2, 0.25) is 0 Å². The minimum absolute atomic E-state index is 0.106. The lowest BCUT2D eigenvalue weighted by Gasteiger charge is -2.12. The highest BCUT2D eigenvalue weighted by molar-refractivity contribution is 5.78. The summed E-state index contributed by atoms with van der Waals surface area (Å²) in [6.45, 7) is 1.12. The molecule has 1 aliphatic rings. The van der Waals surface area contributed by atoms with Crippen LogP contribution in [0.25, 0.3) is 11.0 Å². The zero-order valence-corrected chi connectivity index (χ0v) is 9.06. The van der Waals surface area contributed by atoms with E-state index < -0.39 is 0 Å². The number of nitrogen functional groups attached to an aromatic ring is 1. The number of anilines is 1. The summed E-state index contributed by atoms with van der Waals surface area (Å²) in [4.78, 5) is 4.33. The van der Waals surface area contributed by atoms with Crippen molar-refractivity contribution in [1.82, 2.24) is 9.55 Å². The molecule has 1 heterocycles. The van der Waals surface area contributed by atoms with Crippen LogP contribution >= 0.6 is 0 Å². The third-order valence-corrected chi connectivity index (χ3v) is 3.44. The second-order valence-electron chi connectivity index (χ2n) is 4.78. The molecule has 0 unspecified atom stereocenters. The van der Waals surface area contributed by atoms with Crippen LogP contribution in [0.2, 0.25) is 0 Å². The number of hydrogen-bond donors (Lipinski definition) is 2. The first kappa shape index (κ1) is 9.66. The molecule has 16 heavy (non-hydrogen) atoms. The number of aliphatic hydroxyl groups excluding tert-OH is 1. The van der Waals surface area contributed by atoms with Crippen LogP contribution in [-0.4, -0.2) is 21.3 Å². The van der Waals surface area contributed by atoms with E-state index >= 15 is 0 Å². The summed E-state index contributed by atoms with van der Waals surface area (Å²) in [6.07, 6.45) is 4.05. The van der Waals surface area contributed by atoms with Gasteiger partial charge in [0.15, 0.2) is 0 Å². The molecule has 3 rings (SSSR count). The van der Waals surface area contributed by atoms with Crippen LogP contribution in [-0.2, 0) is 6.54 Å². The number of benzene rings is 1. The fourth-order valence-corrected chi connectivity index (χ4v) is 2.11. The molecule has 0 radical (unpaired) electrons. The average molecular weight is 217 g/mol. The van der Waals surface area contributed by atoms with E-state index in [0.717, 1.165) is 36.1 Å². The van der Waals surface area contributed by atoms with Gasteiger partial charge >= 0.3 is 0 Å². The minimum atomic E-state index is 0.106. The van der Waals surface area contributed by atoms with Gasteiger partial charge in [-0.15, -0.1) is 0 Å². The molecule has 3 N–H and O–H groups in total. The van der Waals surface area contributed by atoms with E-state index in [4.69, 9.17) is 5.73 Å². The summed E-state index contributed by atoms with van der Waals surface area (Å²) in [7, 11) is 0. The lowest BCUT2D eigenvalue weighted by Crippen LogP contribution is -2.14. The fourth-order valence-electron chi connectivity index (χ4n) is 2.11. The summed E-state index contributed by atoms with van der Waals surface area (Å²) in [5.74, 6) is 0. The molecule has 0 aliphatic heterocycles. The van der Waals surface area contributed by atoms with Crippen LogP contribution in [0.4, 0.5) is 5.69 Å². The molecular weight excluding hydrogens is 202 g/mol. The molecule has 1 aromatic heterocycles. The maximum absolute atomic E-state index is 9.32. The van der Waals surface area contributed by atoms with E-state index in [0.29, 0.717) is 0 Å². The van der Waals surface area contributed by atoms with E-state index in [9.17, 15) is 5.11 Å². The number of imidazole rings is 1. The summed E-state index contributed by atoms with van der Waals surface area (Å²) in [6, 6.07) is 5.76. The Morgan fingerprint density at radius 1 is 1.44 bits per heavy atom. The standard InChI is InChI=1S/C12H15N3O/c13-9-1-2-11-10(5-9)14-8-15(11)6-12(7-16)3-4-12/h1-2,5,8,16H,3-4,6-7,13H2. The Kier molecular flexibility index (Phi) is 1.94. The summed E-state index contributed by atoms with van der Waals surface area (Å²) in [5.41, 5.74) is 8.57. The van der Waals surface area contributed by atoms with Gasteiger partial charge in [-0.2, -0.15) is 0 Å². The van der Waals surface area contributed by atoms with Gasteiger partial charge in [0.05, 0.1) is 24.0 Å². The van der Waals surface area contributed by atoms with Crippen molar-refractivity contribution in [1.29, 1.82) is 0 Å². The van der Waals surface area contributed by atoms with Gasteiger partial charge in [0.25, 0.3) is 0 Å². The van der Waals surface area contributed by atoms with Gasteiger partial charge in [-0.05, 0) is 31.0 Å². The van der Waals surface area contributed by atoms with Crippen LogP contribution in [0, 0.1) is 5.41 Å². The number of hydrogen-bond acceptors (Lipinski definition) is 3. The lowest BCUT2D eigenvalue weighted by atomic mass is 10.1. The molecule has 0 spiro atoms. The Bertz CT molecular complexity index is 528. The molecule has 2 aromatic rings. The summed E-state index contributed by atoms with van der Waals surface area (Å²) < 4.78 is 2.11. The van der Waals surface area contributed by atoms with Crippen molar-refractivity contribution in [3.05, 3.63) is 24.5 Å². The van der Waals surface area contributed by atoms with E-state index in [1.807, 2.05) is 24.5 Å². The number of aromatic nitrogens is 2. The third-order valence-electron chi connectivity index (χ3n) is 3.44. The van der Waals surface area contributed by atoms with Crippen LogP contribution in [0.15, 0.2) is 24.5 Å². The molecule has 4 nitrogen and oxygen atoms in total. The largest absolute Gasteiger partial charge is 0.399 e. The molecular formula is C12H15N3O. The van der Waals surface area contributed by atoms with Crippen molar-refractivity contribution in [2.24, 2.45) is 5.41 Å². The Labute approximate surface area is 93.7 Å². The van der Waals surface area contributed by atoms with Crippen molar-refractivity contribution in [2.75, 3.05) is 12.3 Å². The van der Waals surface area contributed by atoms with Gasteiger partial charge in [0.1, 0.15) is 0 Å². The molecule has 1 aliphatic carbocycles. The molecule has 0 atom stereocenters. The second-order valence-corrected chi connectivity index (χ2v) is 4.78. The Morgan fingerprint density at radius 2 is 2.25 bits per heavy atom. The van der Waals surface area contributed by atoms with Crippen LogP contribution in [0.3, 0.4) is 0 Å². The highest BCUT2D eigenvalue weighted by Crippen LogP contribution is 2.46. The second kappa shape index (κ2) is 3.22. The van der Waals surface area contributed by atoms with Crippen molar-refractivity contribution in [3.63, 3.8) is 0 Å². The first-order chi connectivity index (χ1) is 7.72. The number of rotatable bonds is 3. The smallest absolute Gasteiger partial charge is 0.0958 e. The predicted octanol–water partition coefficient (Wildman–Crippen LogP) is 1.39. The van der Waals surface area contributed by atoms with E-state index in [-0.39, 0.29) is 12.0 Å². The SMILES string of the molecule is Nc1ccc2c(c1)ncn2CC1(CO)CC1. The first-order valence-electron chi connectivity index (χ1n) is 5.54. The summed E-state index contributed by atoms with van der Waals surface area (Å²) >= 11 is 0. The Hall–Kier alpha value is -1.55. The van der Waals surface area contributed by atoms with E-state index in [1.165, 1.54) is 0 Å². The maximum atomic E-state index is 9.32. The van der Waals surface area contributed by atoms with Crippen LogP contribution < -0.4 is 5.73 Å². The van der Waals surface area contributed by atoms with Gasteiger partial charge in [-0.25, -0.2) is 4.98 Å². The number of fused-ring (bicyclic) bond motifs is 1. The van der Waals surface area contributed by atoms with Crippen LogP contribution in [0.1, 0.15) is 12.8 Å². The van der Waals surface area contributed by atoms with Crippen molar-refractivity contribution < 1.29 is 5.11 Å². The average Bonchev–Trinajstić information content (AvgIpc) is 2.95. The van der Waals surface area contributed by atoms with Gasteiger partial charge in [0, 0.05) is 17.6 Å². The van der Waals surface area contributed by atoms with Crippen molar-refractivity contribution >= 4 is 16.7 Å². The van der Waals surface area contributed by atoms with Crippen molar-refractivity contribution in [2.45, 2.75) is 19.4 Å². The first-order valence-corrected chi connectivity index (χ1v) is 5.54. The van der Waals surface area contributed by atoms with Gasteiger partial charge in [-0.3, -0.25) is 0 Å². The third kappa shape index (κ3) is 1.46. The summed E-state index contributed by atoms with van der Waals surface area (Å²) in [5, 5.41) is 9.32. The van der Waals surface area contributed by atoms with Crippen molar-refractivity contribution in [3.8, 4) is 0 Å². The minimum Gasteiger partial charge on any atom is -0.399 e. The number of nitrogens with two attached hydrogens (primary N) is 1. The maximum Gasteiger partial charge on any atom is 0.0958 e. The van der Waals surface area contributed by atoms with Gasteiger partial charge < -0.3 is 15.4 Å². The number of aliphatic hydroxyl groups is 1. The quantitative estimate of drug-likeness (QED) is 0.764. The van der Waals surface area contributed by atoms with Gasteiger partial charge in [-0.1, -0.05) is 0 Å². The molecule has 0 amide bonds. The lowest BCUT2D eigenvalue weighted by molar-refractivity contribution is 0.196. The molecule has 1 saturated carbocycles. The molecule has 84 valence electrons. The molecule has 0 saturated heterocycles.